The minimum atomic E-state index is -1.04. The van der Waals surface area contributed by atoms with Crippen LogP contribution in [0.5, 0.6) is 0 Å². The maximum atomic E-state index is 13.8. The molecule has 1 aromatic carbocycles. The Labute approximate surface area is 154 Å². The van der Waals surface area contributed by atoms with Crippen LogP contribution in [-0.4, -0.2) is 23.5 Å². The van der Waals surface area contributed by atoms with E-state index in [1.807, 2.05) is 0 Å². The van der Waals surface area contributed by atoms with Crippen molar-refractivity contribution in [1.82, 2.24) is 5.32 Å². The molecule has 1 amide bonds. The molecule has 0 saturated heterocycles. The number of thiophene rings is 1. The smallest absolute Gasteiger partial charge is 0.349 e. The third-order valence-electron chi connectivity index (χ3n) is 4.65. The molecule has 0 bridgehead atoms. The summed E-state index contributed by atoms with van der Waals surface area (Å²) in [4.78, 5) is 24.9. The largest absolute Gasteiger partial charge is 0.448 e. The molecule has 1 aromatic heterocycles. The maximum absolute atomic E-state index is 13.8. The Morgan fingerprint density at radius 3 is 2.73 bits per heavy atom. The van der Waals surface area contributed by atoms with Crippen molar-refractivity contribution in [3.05, 3.63) is 35.0 Å². The third kappa shape index (κ3) is 3.70. The minimum Gasteiger partial charge on any atom is -0.448 e. The fourth-order valence-corrected chi connectivity index (χ4v) is 4.11. The zero-order valence-corrected chi connectivity index (χ0v) is 15.2. The van der Waals surface area contributed by atoms with Crippen LogP contribution >= 0.6 is 11.3 Å². The fourth-order valence-electron chi connectivity index (χ4n) is 3.16. The maximum Gasteiger partial charge on any atom is 0.349 e. The van der Waals surface area contributed by atoms with Gasteiger partial charge in [0.2, 0.25) is 0 Å². The predicted octanol–water partition coefficient (Wildman–Crippen LogP) is 3.93. The van der Waals surface area contributed by atoms with Gasteiger partial charge in [-0.25, -0.2) is 9.18 Å². The van der Waals surface area contributed by atoms with Crippen molar-refractivity contribution < 1.29 is 18.7 Å². The SMILES string of the molecule is C[C@H](OC(=O)c1cc2c(F)cccc2s1)C(=O)NC1(C#N)CCCCC1. The van der Waals surface area contributed by atoms with Gasteiger partial charge in [-0.2, -0.15) is 5.26 Å². The van der Waals surface area contributed by atoms with E-state index in [-0.39, 0.29) is 4.88 Å². The van der Waals surface area contributed by atoms with Gasteiger partial charge in [-0.3, -0.25) is 4.79 Å². The Bertz CT molecular complexity index is 881. The van der Waals surface area contributed by atoms with Gasteiger partial charge in [-0.05, 0) is 38.0 Å². The number of halogens is 1. The second-order valence-corrected chi connectivity index (χ2v) is 7.64. The van der Waals surface area contributed by atoms with E-state index in [1.165, 1.54) is 19.1 Å². The summed E-state index contributed by atoms with van der Waals surface area (Å²) in [6.45, 7) is 1.47. The van der Waals surface area contributed by atoms with Gasteiger partial charge in [0, 0.05) is 10.1 Å². The highest BCUT2D eigenvalue weighted by molar-refractivity contribution is 7.20. The number of fused-ring (bicyclic) bond motifs is 1. The Balaban J connectivity index is 1.67. The van der Waals surface area contributed by atoms with E-state index in [2.05, 4.69) is 11.4 Å². The van der Waals surface area contributed by atoms with E-state index < -0.39 is 29.3 Å². The number of nitrogens with one attached hydrogen (secondary N) is 1. The number of nitrogens with zero attached hydrogens (tertiary/aromatic N) is 1. The van der Waals surface area contributed by atoms with Crippen LogP contribution in [0.15, 0.2) is 24.3 Å². The van der Waals surface area contributed by atoms with Gasteiger partial charge in [0.1, 0.15) is 16.2 Å². The van der Waals surface area contributed by atoms with Crippen molar-refractivity contribution in [3.8, 4) is 6.07 Å². The predicted molar refractivity (Wildman–Crippen MR) is 96.2 cm³/mol. The number of carbonyl (C=O) groups excluding carboxylic acids is 2. The summed E-state index contributed by atoms with van der Waals surface area (Å²) in [6, 6.07) is 8.25. The van der Waals surface area contributed by atoms with Crippen LogP contribution in [0.2, 0.25) is 0 Å². The third-order valence-corrected chi connectivity index (χ3v) is 5.73. The summed E-state index contributed by atoms with van der Waals surface area (Å²) in [7, 11) is 0. The number of hydrogen-bond donors (Lipinski definition) is 1. The van der Waals surface area contributed by atoms with Crippen LogP contribution in [0.4, 0.5) is 4.39 Å². The van der Waals surface area contributed by atoms with E-state index in [1.54, 1.807) is 12.1 Å². The van der Waals surface area contributed by atoms with Crippen LogP contribution in [-0.2, 0) is 9.53 Å². The normalized spacial score (nSPS) is 17.3. The Hall–Kier alpha value is -2.46. The quantitative estimate of drug-likeness (QED) is 0.823. The van der Waals surface area contributed by atoms with Crippen LogP contribution in [0.3, 0.4) is 0 Å². The molecule has 1 N–H and O–H groups in total. The molecule has 0 aliphatic heterocycles. The summed E-state index contributed by atoms with van der Waals surface area (Å²) in [5.74, 6) is -1.58. The topological polar surface area (TPSA) is 79.2 Å². The number of rotatable bonds is 4. The van der Waals surface area contributed by atoms with Crippen molar-refractivity contribution in [2.24, 2.45) is 0 Å². The number of nitriles is 1. The first-order valence-electron chi connectivity index (χ1n) is 8.56. The standard InChI is InChI=1S/C19H19FN2O3S/c1-12(17(23)22-19(11-21)8-3-2-4-9-19)25-18(24)16-10-13-14(20)6-5-7-15(13)26-16/h5-7,10,12H,2-4,8-9H2,1H3,(H,22,23)/t12-/m0/s1. The van der Waals surface area contributed by atoms with Crippen molar-refractivity contribution in [2.75, 3.05) is 0 Å². The first kappa shape index (κ1) is 18.3. The lowest BCUT2D eigenvalue weighted by molar-refractivity contribution is -0.130. The van der Waals surface area contributed by atoms with Gasteiger partial charge >= 0.3 is 5.97 Å². The molecular formula is C19H19FN2O3S. The number of benzene rings is 1. The van der Waals surface area contributed by atoms with E-state index >= 15 is 0 Å². The van der Waals surface area contributed by atoms with Crippen molar-refractivity contribution in [1.29, 1.82) is 5.26 Å². The summed E-state index contributed by atoms with van der Waals surface area (Å²) >= 11 is 1.11. The zero-order valence-electron chi connectivity index (χ0n) is 14.4. The molecule has 1 aliphatic carbocycles. The number of carbonyl (C=O) groups is 2. The molecule has 0 spiro atoms. The fraction of sp³-hybridized carbons (Fsp3) is 0.421. The average Bonchev–Trinajstić information content (AvgIpc) is 3.08. The lowest BCUT2D eigenvalue weighted by Gasteiger charge is -2.32. The second-order valence-electron chi connectivity index (χ2n) is 6.55. The second kappa shape index (κ2) is 7.42. The highest BCUT2D eigenvalue weighted by Gasteiger charge is 2.35. The molecule has 5 nitrogen and oxygen atoms in total. The number of esters is 1. The summed E-state index contributed by atoms with van der Waals surface area (Å²) in [5.41, 5.74) is -0.878. The van der Waals surface area contributed by atoms with Crippen molar-refractivity contribution >= 4 is 33.3 Å². The van der Waals surface area contributed by atoms with Crippen molar-refractivity contribution in [2.45, 2.75) is 50.7 Å². The Kier molecular flexibility index (Phi) is 5.23. The van der Waals surface area contributed by atoms with Crippen LogP contribution in [0.25, 0.3) is 10.1 Å². The molecule has 2 aromatic rings. The molecule has 136 valence electrons. The summed E-state index contributed by atoms with van der Waals surface area (Å²) in [5, 5.41) is 12.5. The highest BCUT2D eigenvalue weighted by atomic mass is 32.1. The average molecular weight is 374 g/mol. The number of hydrogen-bond acceptors (Lipinski definition) is 5. The molecule has 1 atom stereocenters. The lowest BCUT2D eigenvalue weighted by atomic mass is 9.83. The molecule has 7 heteroatoms. The van der Waals surface area contributed by atoms with Crippen LogP contribution < -0.4 is 5.32 Å². The van der Waals surface area contributed by atoms with Crippen LogP contribution in [0, 0.1) is 17.1 Å². The number of amides is 1. The number of ether oxygens (including phenoxy) is 1. The minimum absolute atomic E-state index is 0.234. The van der Waals surface area contributed by atoms with Gasteiger partial charge in [-0.15, -0.1) is 11.3 Å². The molecule has 1 heterocycles. The Morgan fingerprint density at radius 2 is 2.08 bits per heavy atom. The molecule has 3 rings (SSSR count). The van der Waals surface area contributed by atoms with Gasteiger partial charge in [-0.1, -0.05) is 25.3 Å². The molecular weight excluding hydrogens is 355 g/mol. The van der Waals surface area contributed by atoms with Crippen molar-refractivity contribution in [3.63, 3.8) is 0 Å². The van der Waals surface area contributed by atoms with Gasteiger partial charge in [0.15, 0.2) is 6.10 Å². The molecule has 1 aliphatic rings. The molecule has 26 heavy (non-hydrogen) atoms. The first-order chi connectivity index (χ1) is 12.4. The van der Waals surface area contributed by atoms with Gasteiger partial charge in [0.05, 0.1) is 6.07 Å². The Morgan fingerprint density at radius 1 is 1.35 bits per heavy atom. The van der Waals surface area contributed by atoms with Gasteiger partial charge in [0.25, 0.3) is 5.91 Å². The zero-order chi connectivity index (χ0) is 18.7. The molecule has 1 fully saturated rings. The summed E-state index contributed by atoms with van der Waals surface area (Å²) < 4.78 is 19.6. The van der Waals surface area contributed by atoms with E-state index in [0.29, 0.717) is 22.9 Å². The molecule has 0 unspecified atom stereocenters. The summed E-state index contributed by atoms with van der Waals surface area (Å²) in [6.07, 6.45) is 2.98. The van der Waals surface area contributed by atoms with E-state index in [4.69, 9.17) is 4.74 Å². The molecule has 0 radical (unpaired) electrons. The monoisotopic (exact) mass is 374 g/mol. The van der Waals surface area contributed by atoms with E-state index in [0.717, 1.165) is 30.6 Å². The van der Waals surface area contributed by atoms with E-state index in [9.17, 15) is 19.2 Å². The highest BCUT2D eigenvalue weighted by Crippen LogP contribution is 2.29. The first-order valence-corrected chi connectivity index (χ1v) is 9.38. The van der Waals surface area contributed by atoms with Crippen LogP contribution in [0.1, 0.15) is 48.7 Å². The lowest BCUT2D eigenvalue weighted by Crippen LogP contribution is -2.52. The van der Waals surface area contributed by atoms with Gasteiger partial charge < -0.3 is 10.1 Å². The molecule has 1 saturated carbocycles.